The molecule has 2 aromatic heterocycles. The van der Waals surface area contributed by atoms with Crippen LogP contribution in [0.4, 0.5) is 0 Å². The number of carbonyl (C=O) groups is 3. The van der Waals surface area contributed by atoms with Gasteiger partial charge in [-0.1, -0.05) is 23.2 Å². The van der Waals surface area contributed by atoms with E-state index in [4.69, 9.17) is 28.5 Å². The van der Waals surface area contributed by atoms with Crippen LogP contribution in [0.3, 0.4) is 0 Å². The molecule has 16 heteroatoms. The zero-order valence-electron chi connectivity index (χ0n) is 22.5. The van der Waals surface area contributed by atoms with Gasteiger partial charge in [0.1, 0.15) is 11.7 Å². The van der Waals surface area contributed by atoms with Crippen LogP contribution in [-0.4, -0.2) is 96.6 Å². The first-order chi connectivity index (χ1) is 20.6. The highest BCUT2D eigenvalue weighted by Crippen LogP contribution is 2.35. The monoisotopic (exact) mass is 628 g/mol. The van der Waals surface area contributed by atoms with E-state index in [2.05, 4.69) is 20.6 Å². The number of carboxylic acid groups (broad SMARTS) is 1. The number of carboxylic acids is 1. The second kappa shape index (κ2) is 12.3. The SMILES string of the molecule is N#CN=C(NC[C@H](NC(=O)c1c(Cl)cc2c(c1Cl)CCN(C(=O)c1cn3cccc(O)c3n1)C2)C(=O)O)N1CC[C@H](O)C1. The molecule has 4 heterocycles. The number of hydrogen-bond donors (Lipinski definition) is 5. The van der Waals surface area contributed by atoms with Gasteiger partial charge in [0.25, 0.3) is 11.8 Å². The first kappa shape index (κ1) is 29.9. The van der Waals surface area contributed by atoms with Gasteiger partial charge in [-0.2, -0.15) is 5.26 Å². The fraction of sp³-hybridized carbons (Fsp3) is 0.333. The highest BCUT2D eigenvalue weighted by molar-refractivity contribution is 6.40. The number of amides is 2. The second-order valence-electron chi connectivity index (χ2n) is 10.1. The Morgan fingerprint density at radius 2 is 2.05 bits per heavy atom. The third-order valence-electron chi connectivity index (χ3n) is 7.29. The number of nitrogens with zero attached hydrogens (tertiary/aromatic N) is 6. The molecule has 0 saturated carbocycles. The van der Waals surface area contributed by atoms with Crippen LogP contribution < -0.4 is 10.6 Å². The van der Waals surface area contributed by atoms with Gasteiger partial charge < -0.3 is 40.2 Å². The zero-order valence-corrected chi connectivity index (χ0v) is 24.0. The topological polar surface area (TPSA) is 196 Å². The molecule has 2 aliphatic heterocycles. The van der Waals surface area contributed by atoms with Gasteiger partial charge in [-0.15, -0.1) is 4.99 Å². The number of guanidine groups is 1. The second-order valence-corrected chi connectivity index (χ2v) is 10.9. The van der Waals surface area contributed by atoms with Crippen LogP contribution in [0.1, 0.15) is 38.4 Å². The molecule has 5 rings (SSSR count). The van der Waals surface area contributed by atoms with Crippen LogP contribution >= 0.6 is 23.2 Å². The molecule has 1 saturated heterocycles. The largest absolute Gasteiger partial charge is 0.504 e. The summed E-state index contributed by atoms with van der Waals surface area (Å²) in [6, 6.07) is 3.19. The van der Waals surface area contributed by atoms with Gasteiger partial charge in [-0.25, -0.2) is 9.78 Å². The first-order valence-corrected chi connectivity index (χ1v) is 14.0. The van der Waals surface area contributed by atoms with Gasteiger partial charge in [-0.05, 0) is 42.2 Å². The van der Waals surface area contributed by atoms with Gasteiger partial charge in [0, 0.05) is 45.1 Å². The van der Waals surface area contributed by atoms with E-state index in [-0.39, 0.29) is 70.7 Å². The van der Waals surface area contributed by atoms with Crippen LogP contribution in [0.5, 0.6) is 5.75 Å². The maximum Gasteiger partial charge on any atom is 0.328 e. The number of β-amino-alcohol motifs (C(OH)–C–C–N with tert-alkyl or cyclic N) is 1. The summed E-state index contributed by atoms with van der Waals surface area (Å²) in [5.41, 5.74) is 1.53. The van der Waals surface area contributed by atoms with E-state index in [1.165, 1.54) is 18.3 Å². The Labute approximate surface area is 254 Å². The summed E-state index contributed by atoms with van der Waals surface area (Å²) >= 11 is 13.1. The maximum atomic E-state index is 13.2. The molecule has 2 aliphatic rings. The third kappa shape index (κ3) is 6.14. The van der Waals surface area contributed by atoms with Crippen LogP contribution in [-0.2, 0) is 17.8 Å². The molecular formula is C27H26Cl2N8O6. The summed E-state index contributed by atoms with van der Waals surface area (Å²) in [4.78, 5) is 49.5. The van der Waals surface area contributed by atoms with Gasteiger partial charge in [0.15, 0.2) is 11.4 Å². The summed E-state index contributed by atoms with van der Waals surface area (Å²) in [5.74, 6) is -2.49. The summed E-state index contributed by atoms with van der Waals surface area (Å²) < 4.78 is 1.55. The van der Waals surface area contributed by atoms with E-state index in [0.29, 0.717) is 30.5 Å². The average molecular weight is 629 g/mol. The number of hydrogen-bond acceptors (Lipinski definition) is 8. The number of fused-ring (bicyclic) bond motifs is 2. The molecule has 3 aromatic rings. The molecule has 5 N–H and O–H groups in total. The van der Waals surface area contributed by atoms with Crippen LogP contribution in [0.2, 0.25) is 10.0 Å². The maximum absolute atomic E-state index is 13.2. The lowest BCUT2D eigenvalue weighted by Gasteiger charge is -2.30. The summed E-state index contributed by atoms with van der Waals surface area (Å²) in [7, 11) is 0. The normalized spacial score (nSPS) is 17.3. The van der Waals surface area contributed by atoms with E-state index in [0.717, 1.165) is 0 Å². The molecule has 224 valence electrons. The Bertz CT molecular complexity index is 1690. The number of aliphatic hydroxyl groups is 1. The molecule has 0 radical (unpaired) electrons. The van der Waals surface area contributed by atoms with Crippen molar-refractivity contribution in [2.24, 2.45) is 4.99 Å². The van der Waals surface area contributed by atoms with Crippen molar-refractivity contribution in [3.8, 4) is 11.9 Å². The van der Waals surface area contributed by atoms with E-state index in [1.807, 2.05) is 0 Å². The molecule has 2 atom stereocenters. The van der Waals surface area contributed by atoms with E-state index in [1.54, 1.807) is 32.7 Å². The molecule has 0 spiro atoms. The van der Waals surface area contributed by atoms with E-state index in [9.17, 15) is 29.7 Å². The van der Waals surface area contributed by atoms with E-state index < -0.39 is 24.0 Å². The summed E-state index contributed by atoms with van der Waals surface area (Å²) in [6.07, 6.45) is 5.01. The number of rotatable bonds is 6. The molecule has 2 amide bonds. The van der Waals surface area contributed by atoms with Crippen molar-refractivity contribution in [3.05, 3.63) is 63.0 Å². The standard InChI is InChI=1S/C27H26Cl2N8O6/c28-17-8-14-10-36(25(41)19-12-35-5-1-2-20(39)23(35)33-19)7-4-16(14)22(29)21(17)24(40)34-18(26(42)43)9-31-27(32-13-30)37-6-3-15(38)11-37/h1-2,5,8,12,15,18,38-39H,3-4,6-7,9-11H2,(H,31,32)(H,34,40)(H,42,43)/t15-,18-/m0/s1. The number of carbonyl (C=O) groups excluding carboxylic acids is 2. The Kier molecular flexibility index (Phi) is 8.58. The van der Waals surface area contributed by atoms with E-state index >= 15 is 0 Å². The van der Waals surface area contributed by atoms with Crippen molar-refractivity contribution in [1.82, 2.24) is 29.8 Å². The van der Waals surface area contributed by atoms with Crippen molar-refractivity contribution in [2.75, 3.05) is 26.2 Å². The Balaban J connectivity index is 1.30. The minimum Gasteiger partial charge on any atom is -0.504 e. The van der Waals surface area contributed by atoms with Gasteiger partial charge in [-0.3, -0.25) is 9.59 Å². The average Bonchev–Trinajstić information content (AvgIpc) is 3.61. The van der Waals surface area contributed by atoms with Crippen molar-refractivity contribution in [3.63, 3.8) is 0 Å². The highest BCUT2D eigenvalue weighted by Gasteiger charge is 2.31. The molecule has 14 nitrogen and oxygen atoms in total. The van der Waals surface area contributed by atoms with Gasteiger partial charge >= 0.3 is 5.97 Å². The summed E-state index contributed by atoms with van der Waals surface area (Å²) in [6.45, 7) is 0.742. The lowest BCUT2D eigenvalue weighted by atomic mass is 9.96. The van der Waals surface area contributed by atoms with Crippen molar-refractivity contribution in [1.29, 1.82) is 5.26 Å². The number of aliphatic imine (C=N–C) groups is 1. The number of nitriles is 1. The molecule has 0 bridgehead atoms. The molecule has 0 aliphatic carbocycles. The Morgan fingerprint density at radius 1 is 1.26 bits per heavy atom. The van der Waals surface area contributed by atoms with Crippen LogP contribution in [0.15, 0.2) is 35.6 Å². The van der Waals surface area contributed by atoms with Crippen LogP contribution in [0, 0.1) is 11.5 Å². The number of aliphatic carboxylic acids is 1. The smallest absolute Gasteiger partial charge is 0.328 e. The van der Waals surface area contributed by atoms with Gasteiger partial charge in [0.2, 0.25) is 12.2 Å². The molecule has 43 heavy (non-hydrogen) atoms. The Morgan fingerprint density at radius 3 is 2.72 bits per heavy atom. The third-order valence-corrected chi connectivity index (χ3v) is 8.00. The fourth-order valence-electron chi connectivity index (χ4n) is 5.12. The number of pyridine rings is 1. The van der Waals surface area contributed by atoms with Gasteiger partial charge in [0.05, 0.1) is 21.7 Å². The Hall–Kier alpha value is -4.58. The number of halogens is 2. The number of aliphatic hydroxyl groups excluding tert-OH is 1. The number of imidazole rings is 1. The number of aromatic nitrogens is 2. The zero-order chi connectivity index (χ0) is 30.8. The minimum absolute atomic E-state index is 0.0249. The number of likely N-dealkylation sites (tertiary alicyclic amines) is 1. The predicted molar refractivity (Wildman–Crippen MR) is 154 cm³/mol. The molecule has 0 unspecified atom stereocenters. The first-order valence-electron chi connectivity index (χ1n) is 13.2. The fourth-order valence-corrected chi connectivity index (χ4v) is 5.89. The molecular weight excluding hydrogens is 603 g/mol. The highest BCUT2D eigenvalue weighted by atomic mass is 35.5. The molecule has 1 fully saturated rings. The molecule has 1 aromatic carbocycles. The van der Waals surface area contributed by atoms with Crippen molar-refractivity contribution >= 4 is 52.6 Å². The minimum atomic E-state index is -1.44. The lowest BCUT2D eigenvalue weighted by molar-refractivity contribution is -0.139. The number of benzene rings is 1. The predicted octanol–water partition coefficient (Wildman–Crippen LogP) is 1.22. The van der Waals surface area contributed by atoms with Crippen molar-refractivity contribution in [2.45, 2.75) is 31.5 Å². The number of aromatic hydroxyl groups is 1. The lowest BCUT2D eigenvalue weighted by Crippen LogP contribution is -2.51. The summed E-state index contributed by atoms with van der Waals surface area (Å²) in [5, 5.41) is 43.8. The number of nitrogens with one attached hydrogen (secondary N) is 2. The quantitative estimate of drug-likeness (QED) is 0.150. The van der Waals surface area contributed by atoms with Crippen LogP contribution in [0.25, 0.3) is 5.65 Å². The van der Waals surface area contributed by atoms with Crippen molar-refractivity contribution < 1.29 is 29.7 Å².